The fourth-order valence-electron chi connectivity index (χ4n) is 2.82. The standard InChI is InChI=1S/C20H35N/c1-5-6-7-8-9-10-11-12-13-21-16-20-15-18(3)17(2)14-19(20)4/h14-15,21H,5-13,16H2,1-4H3. The van der Waals surface area contributed by atoms with Crippen molar-refractivity contribution in [3.8, 4) is 0 Å². The molecule has 0 aliphatic heterocycles. The van der Waals surface area contributed by atoms with Crippen LogP contribution in [0.15, 0.2) is 12.1 Å². The van der Waals surface area contributed by atoms with E-state index in [0.29, 0.717) is 0 Å². The van der Waals surface area contributed by atoms with Crippen molar-refractivity contribution in [2.75, 3.05) is 6.54 Å². The second kappa shape index (κ2) is 10.8. The minimum Gasteiger partial charge on any atom is -0.313 e. The predicted molar refractivity (Wildman–Crippen MR) is 95.0 cm³/mol. The van der Waals surface area contributed by atoms with Crippen LogP contribution in [0.2, 0.25) is 0 Å². The van der Waals surface area contributed by atoms with Gasteiger partial charge in [0.1, 0.15) is 0 Å². The first-order valence-corrected chi connectivity index (χ1v) is 8.92. The summed E-state index contributed by atoms with van der Waals surface area (Å²) in [4.78, 5) is 0. The Morgan fingerprint density at radius 1 is 0.714 bits per heavy atom. The third-order valence-corrected chi connectivity index (χ3v) is 4.47. The first kappa shape index (κ1) is 18.2. The first-order chi connectivity index (χ1) is 10.1. The van der Waals surface area contributed by atoms with Crippen molar-refractivity contribution in [3.05, 3.63) is 34.4 Å². The molecule has 0 aliphatic rings. The molecule has 0 aromatic heterocycles. The van der Waals surface area contributed by atoms with Crippen LogP contribution in [0.4, 0.5) is 0 Å². The molecule has 0 fully saturated rings. The third kappa shape index (κ3) is 7.66. The van der Waals surface area contributed by atoms with Gasteiger partial charge in [-0.05, 0) is 56.0 Å². The molecule has 1 nitrogen and oxygen atoms in total. The Morgan fingerprint density at radius 2 is 1.29 bits per heavy atom. The average molecular weight is 290 g/mol. The van der Waals surface area contributed by atoms with Crippen molar-refractivity contribution >= 4 is 0 Å². The van der Waals surface area contributed by atoms with E-state index in [2.05, 4.69) is 45.1 Å². The molecule has 0 amide bonds. The number of hydrogen-bond donors (Lipinski definition) is 1. The highest BCUT2D eigenvalue weighted by atomic mass is 14.8. The second-order valence-electron chi connectivity index (χ2n) is 6.51. The molecule has 0 atom stereocenters. The summed E-state index contributed by atoms with van der Waals surface area (Å²) in [7, 11) is 0. The maximum Gasteiger partial charge on any atom is 0.0208 e. The van der Waals surface area contributed by atoms with Gasteiger partial charge in [0.2, 0.25) is 0 Å². The fraction of sp³-hybridized carbons (Fsp3) is 0.700. The number of unbranched alkanes of at least 4 members (excludes halogenated alkanes) is 7. The van der Waals surface area contributed by atoms with E-state index in [1.54, 1.807) is 0 Å². The van der Waals surface area contributed by atoms with Crippen LogP contribution >= 0.6 is 0 Å². The minimum atomic E-state index is 1.02. The van der Waals surface area contributed by atoms with E-state index in [9.17, 15) is 0 Å². The van der Waals surface area contributed by atoms with Gasteiger partial charge in [0.05, 0.1) is 0 Å². The van der Waals surface area contributed by atoms with Gasteiger partial charge in [-0.2, -0.15) is 0 Å². The first-order valence-electron chi connectivity index (χ1n) is 8.92. The lowest BCUT2D eigenvalue weighted by Gasteiger charge is -2.11. The molecular formula is C20H35N. The van der Waals surface area contributed by atoms with Gasteiger partial charge in [0.25, 0.3) is 0 Å². The molecule has 120 valence electrons. The van der Waals surface area contributed by atoms with Crippen LogP contribution in [0, 0.1) is 20.8 Å². The predicted octanol–water partition coefficient (Wildman–Crippen LogP) is 5.84. The van der Waals surface area contributed by atoms with Crippen molar-refractivity contribution in [3.63, 3.8) is 0 Å². The summed E-state index contributed by atoms with van der Waals surface area (Å²) in [5.41, 5.74) is 5.68. The van der Waals surface area contributed by atoms with Gasteiger partial charge in [0.15, 0.2) is 0 Å². The van der Waals surface area contributed by atoms with E-state index < -0.39 is 0 Å². The molecule has 0 unspecified atom stereocenters. The van der Waals surface area contributed by atoms with Crippen LogP contribution in [0.1, 0.15) is 80.5 Å². The lowest BCUT2D eigenvalue weighted by Crippen LogP contribution is -2.15. The molecule has 1 aromatic rings. The maximum atomic E-state index is 3.60. The summed E-state index contributed by atoms with van der Waals surface area (Å²) < 4.78 is 0. The van der Waals surface area contributed by atoms with Crippen LogP contribution in [-0.2, 0) is 6.54 Å². The summed E-state index contributed by atoms with van der Waals surface area (Å²) >= 11 is 0. The summed E-state index contributed by atoms with van der Waals surface area (Å²) in [6, 6.07) is 4.65. The smallest absolute Gasteiger partial charge is 0.0208 e. The van der Waals surface area contributed by atoms with Gasteiger partial charge < -0.3 is 5.32 Å². The number of nitrogens with one attached hydrogen (secondary N) is 1. The highest BCUT2D eigenvalue weighted by Crippen LogP contribution is 2.15. The summed E-state index contributed by atoms with van der Waals surface area (Å²) in [6.45, 7) is 11.1. The molecule has 0 heterocycles. The lowest BCUT2D eigenvalue weighted by molar-refractivity contribution is 0.554. The molecule has 1 heteroatoms. The number of hydrogen-bond acceptors (Lipinski definition) is 1. The van der Waals surface area contributed by atoms with Gasteiger partial charge in [-0.25, -0.2) is 0 Å². The van der Waals surface area contributed by atoms with Crippen molar-refractivity contribution in [2.24, 2.45) is 0 Å². The van der Waals surface area contributed by atoms with Crippen molar-refractivity contribution in [1.29, 1.82) is 0 Å². The highest BCUT2D eigenvalue weighted by Gasteiger charge is 2.01. The molecule has 0 saturated heterocycles. The summed E-state index contributed by atoms with van der Waals surface area (Å²) in [5.74, 6) is 0. The zero-order valence-corrected chi connectivity index (χ0v) is 14.7. The van der Waals surface area contributed by atoms with Crippen molar-refractivity contribution < 1.29 is 0 Å². The van der Waals surface area contributed by atoms with Crippen LogP contribution in [0.5, 0.6) is 0 Å². The molecular weight excluding hydrogens is 254 g/mol. The van der Waals surface area contributed by atoms with Gasteiger partial charge >= 0.3 is 0 Å². The Labute approximate surface area is 132 Å². The molecule has 0 aliphatic carbocycles. The zero-order chi connectivity index (χ0) is 15.5. The van der Waals surface area contributed by atoms with Crippen LogP contribution in [-0.4, -0.2) is 6.54 Å². The summed E-state index contributed by atoms with van der Waals surface area (Å²) in [6.07, 6.45) is 11.2. The Kier molecular flexibility index (Phi) is 9.41. The molecule has 1 N–H and O–H groups in total. The van der Waals surface area contributed by atoms with E-state index in [-0.39, 0.29) is 0 Å². The van der Waals surface area contributed by atoms with E-state index in [0.717, 1.165) is 13.1 Å². The number of rotatable bonds is 11. The van der Waals surface area contributed by atoms with Crippen molar-refractivity contribution in [2.45, 2.75) is 85.6 Å². The normalized spacial score (nSPS) is 11.0. The molecule has 0 spiro atoms. The zero-order valence-electron chi connectivity index (χ0n) is 14.7. The van der Waals surface area contributed by atoms with Gasteiger partial charge in [-0.1, -0.05) is 64.0 Å². The van der Waals surface area contributed by atoms with Crippen LogP contribution in [0.25, 0.3) is 0 Å². The number of benzene rings is 1. The SMILES string of the molecule is CCCCCCCCCCNCc1cc(C)c(C)cc1C. The number of aryl methyl sites for hydroxylation is 3. The second-order valence-corrected chi connectivity index (χ2v) is 6.51. The van der Waals surface area contributed by atoms with E-state index in [1.807, 2.05) is 0 Å². The maximum absolute atomic E-state index is 3.60. The Morgan fingerprint density at radius 3 is 1.95 bits per heavy atom. The Balaban J connectivity index is 2.05. The van der Waals surface area contributed by atoms with E-state index in [1.165, 1.54) is 73.6 Å². The quantitative estimate of drug-likeness (QED) is 0.504. The average Bonchev–Trinajstić information content (AvgIpc) is 2.46. The topological polar surface area (TPSA) is 12.0 Å². The van der Waals surface area contributed by atoms with Gasteiger partial charge in [-0.3, -0.25) is 0 Å². The third-order valence-electron chi connectivity index (χ3n) is 4.47. The molecule has 0 bridgehead atoms. The van der Waals surface area contributed by atoms with E-state index >= 15 is 0 Å². The molecule has 1 rings (SSSR count). The molecule has 0 saturated carbocycles. The van der Waals surface area contributed by atoms with Crippen LogP contribution < -0.4 is 5.32 Å². The minimum absolute atomic E-state index is 1.02. The van der Waals surface area contributed by atoms with Gasteiger partial charge in [-0.15, -0.1) is 0 Å². The molecule has 1 aromatic carbocycles. The largest absolute Gasteiger partial charge is 0.313 e. The monoisotopic (exact) mass is 289 g/mol. The molecule has 0 radical (unpaired) electrons. The van der Waals surface area contributed by atoms with Crippen LogP contribution in [0.3, 0.4) is 0 Å². The fourth-order valence-corrected chi connectivity index (χ4v) is 2.82. The highest BCUT2D eigenvalue weighted by molar-refractivity contribution is 5.36. The van der Waals surface area contributed by atoms with E-state index in [4.69, 9.17) is 0 Å². The van der Waals surface area contributed by atoms with Gasteiger partial charge in [0, 0.05) is 6.54 Å². The summed E-state index contributed by atoms with van der Waals surface area (Å²) in [5, 5.41) is 3.60. The Bertz CT molecular complexity index is 395. The van der Waals surface area contributed by atoms with Crippen molar-refractivity contribution in [1.82, 2.24) is 5.32 Å². The molecule has 21 heavy (non-hydrogen) atoms. The Hall–Kier alpha value is -0.820. The lowest BCUT2D eigenvalue weighted by atomic mass is 10.0.